The number of rotatable bonds is 0. The van der Waals surface area contributed by atoms with Crippen LogP contribution in [0.3, 0.4) is 0 Å². The van der Waals surface area contributed by atoms with Gasteiger partial charge in [-0.15, -0.1) is 0 Å². The first-order chi connectivity index (χ1) is 8.02. The van der Waals surface area contributed by atoms with E-state index in [9.17, 15) is 0 Å². The lowest BCUT2D eigenvalue weighted by atomic mass is 9.84. The highest BCUT2D eigenvalue weighted by molar-refractivity contribution is 5.31. The summed E-state index contributed by atoms with van der Waals surface area (Å²) >= 11 is 0. The Morgan fingerprint density at radius 1 is 0.706 bits per heavy atom. The molecule has 0 aliphatic heterocycles. The van der Waals surface area contributed by atoms with Crippen LogP contribution in [0.25, 0.3) is 0 Å². The molecule has 0 fully saturated rings. The minimum absolute atomic E-state index is 0.283. The van der Waals surface area contributed by atoms with Crippen molar-refractivity contribution in [3.63, 3.8) is 0 Å². The Morgan fingerprint density at radius 2 is 1.06 bits per heavy atom. The molecule has 0 heteroatoms. The third-order valence-corrected chi connectivity index (χ3v) is 1.95. The van der Waals surface area contributed by atoms with E-state index in [0.29, 0.717) is 0 Å². The summed E-state index contributed by atoms with van der Waals surface area (Å²) in [5.74, 6) is 0. The Labute approximate surface area is 110 Å². The molecule has 102 valence electrons. The molecule has 1 aromatic carbocycles. The molecule has 0 radical (unpaired) electrons. The summed E-state index contributed by atoms with van der Waals surface area (Å²) in [7, 11) is 0. The Bertz CT molecular complexity index is 240. The highest BCUT2D eigenvalue weighted by Gasteiger charge is 2.14. The van der Waals surface area contributed by atoms with Gasteiger partial charge in [0.25, 0.3) is 0 Å². The van der Waals surface area contributed by atoms with Gasteiger partial charge < -0.3 is 0 Å². The van der Waals surface area contributed by atoms with Gasteiger partial charge in [-0.05, 0) is 23.5 Å². The second kappa shape index (κ2) is 13.3. The largest absolute Gasteiger partial charge is 0.0683 e. The van der Waals surface area contributed by atoms with Gasteiger partial charge in [0.05, 0.1) is 0 Å². The predicted octanol–water partition coefficient (Wildman–Crippen LogP) is 6.37. The summed E-state index contributed by atoms with van der Waals surface area (Å²) in [6, 6.07) is 8.56. The van der Waals surface area contributed by atoms with E-state index in [4.69, 9.17) is 0 Å². The number of aryl methyl sites for hydroxylation is 1. The van der Waals surface area contributed by atoms with E-state index in [0.717, 1.165) is 0 Å². The highest BCUT2D eigenvalue weighted by Crippen LogP contribution is 2.24. The maximum Gasteiger partial charge on any atom is -0.0129 e. The molecular formula is C17H34. The van der Waals surface area contributed by atoms with Crippen LogP contribution in [0.4, 0.5) is 0 Å². The third-order valence-electron chi connectivity index (χ3n) is 1.95. The molecule has 0 N–H and O–H groups in total. The van der Waals surface area contributed by atoms with Crippen molar-refractivity contribution < 1.29 is 0 Å². The predicted molar refractivity (Wildman–Crippen MR) is 83.9 cm³/mol. The molecule has 0 aliphatic rings. The van der Waals surface area contributed by atoms with E-state index in [2.05, 4.69) is 52.0 Å². The van der Waals surface area contributed by atoms with Crippen LogP contribution < -0.4 is 0 Å². The van der Waals surface area contributed by atoms with Crippen molar-refractivity contribution in [2.45, 2.75) is 74.7 Å². The topological polar surface area (TPSA) is 0 Å². The first-order valence-corrected chi connectivity index (χ1v) is 7.08. The lowest BCUT2D eigenvalue weighted by Gasteiger charge is -2.21. The Morgan fingerprint density at radius 3 is 1.29 bits per heavy atom. The molecule has 0 aliphatic carbocycles. The van der Waals surface area contributed by atoms with E-state index in [1.807, 2.05) is 41.5 Å². The van der Waals surface area contributed by atoms with Gasteiger partial charge in [-0.1, -0.05) is 86.6 Å². The molecule has 0 spiro atoms. The monoisotopic (exact) mass is 238 g/mol. The smallest absolute Gasteiger partial charge is 0.0129 e. The van der Waals surface area contributed by atoms with E-state index >= 15 is 0 Å². The second-order valence-electron chi connectivity index (χ2n) is 4.06. The standard InChI is InChI=1S/C11H16.3C2H6/c1-9-7-5-6-8-10(9)11(2,3)4;3*1-2/h5-8H,1-4H3;3*1-2H3. The zero-order valence-corrected chi connectivity index (χ0v) is 13.8. The van der Waals surface area contributed by atoms with Gasteiger partial charge in [0.15, 0.2) is 0 Å². The van der Waals surface area contributed by atoms with Crippen LogP contribution in [0.1, 0.15) is 73.4 Å². The quantitative estimate of drug-likeness (QED) is 0.492. The van der Waals surface area contributed by atoms with Crippen molar-refractivity contribution in [3.05, 3.63) is 35.4 Å². The van der Waals surface area contributed by atoms with Crippen molar-refractivity contribution in [1.82, 2.24) is 0 Å². The van der Waals surface area contributed by atoms with Crippen LogP contribution in [0.15, 0.2) is 24.3 Å². The first-order valence-electron chi connectivity index (χ1n) is 7.08. The summed E-state index contributed by atoms with van der Waals surface area (Å²) in [6.45, 7) is 20.9. The average Bonchev–Trinajstić information content (AvgIpc) is 2.36. The van der Waals surface area contributed by atoms with Crippen LogP contribution in [0, 0.1) is 6.92 Å². The van der Waals surface area contributed by atoms with Gasteiger partial charge in [0.2, 0.25) is 0 Å². The number of hydrogen-bond acceptors (Lipinski definition) is 0. The molecule has 0 unspecified atom stereocenters. The molecule has 0 nitrogen and oxygen atoms in total. The van der Waals surface area contributed by atoms with E-state index in [1.165, 1.54) is 11.1 Å². The van der Waals surface area contributed by atoms with Crippen molar-refractivity contribution >= 4 is 0 Å². The van der Waals surface area contributed by atoms with Crippen molar-refractivity contribution in [2.75, 3.05) is 0 Å². The van der Waals surface area contributed by atoms with Crippen LogP contribution >= 0.6 is 0 Å². The highest BCUT2D eigenvalue weighted by atomic mass is 14.2. The fraction of sp³-hybridized carbons (Fsp3) is 0.647. The lowest BCUT2D eigenvalue weighted by Crippen LogP contribution is -2.12. The van der Waals surface area contributed by atoms with E-state index in [1.54, 1.807) is 0 Å². The summed E-state index contributed by atoms with van der Waals surface area (Å²) < 4.78 is 0. The Hall–Kier alpha value is -0.780. The fourth-order valence-corrected chi connectivity index (χ4v) is 1.41. The Balaban J connectivity index is -0.000000285. The molecule has 0 saturated carbocycles. The SMILES string of the molecule is CC.CC.CC.Cc1ccccc1C(C)(C)C. The molecule has 0 bridgehead atoms. The van der Waals surface area contributed by atoms with Crippen LogP contribution in [-0.4, -0.2) is 0 Å². The van der Waals surface area contributed by atoms with Gasteiger partial charge in [-0.3, -0.25) is 0 Å². The molecule has 0 amide bonds. The Kier molecular flexibility index (Phi) is 16.8. The zero-order chi connectivity index (χ0) is 14.5. The molecule has 0 heterocycles. The molecule has 0 aromatic heterocycles. The van der Waals surface area contributed by atoms with Gasteiger partial charge in [0, 0.05) is 0 Å². The fourth-order valence-electron chi connectivity index (χ4n) is 1.41. The third kappa shape index (κ3) is 10.1. The second-order valence-corrected chi connectivity index (χ2v) is 4.06. The van der Waals surface area contributed by atoms with Gasteiger partial charge in [-0.25, -0.2) is 0 Å². The first kappa shape index (κ1) is 21.5. The number of benzene rings is 1. The normalized spacial score (nSPS) is 8.59. The minimum atomic E-state index is 0.283. The summed E-state index contributed by atoms with van der Waals surface area (Å²) in [6.07, 6.45) is 0. The zero-order valence-electron chi connectivity index (χ0n) is 13.8. The summed E-state index contributed by atoms with van der Waals surface area (Å²) in [5.41, 5.74) is 3.12. The van der Waals surface area contributed by atoms with Crippen molar-refractivity contribution in [1.29, 1.82) is 0 Å². The van der Waals surface area contributed by atoms with Crippen molar-refractivity contribution in [2.24, 2.45) is 0 Å². The molecule has 1 aromatic rings. The molecule has 1 rings (SSSR count). The average molecular weight is 238 g/mol. The van der Waals surface area contributed by atoms with E-state index < -0.39 is 0 Å². The van der Waals surface area contributed by atoms with Crippen LogP contribution in [0.5, 0.6) is 0 Å². The molecule has 0 saturated heterocycles. The van der Waals surface area contributed by atoms with Crippen LogP contribution in [0.2, 0.25) is 0 Å². The van der Waals surface area contributed by atoms with Crippen molar-refractivity contribution in [3.8, 4) is 0 Å². The summed E-state index contributed by atoms with van der Waals surface area (Å²) in [4.78, 5) is 0. The maximum atomic E-state index is 2.25. The van der Waals surface area contributed by atoms with E-state index in [-0.39, 0.29) is 5.41 Å². The summed E-state index contributed by atoms with van der Waals surface area (Å²) in [5, 5.41) is 0. The molecule has 17 heavy (non-hydrogen) atoms. The maximum absolute atomic E-state index is 2.25. The minimum Gasteiger partial charge on any atom is -0.0683 e. The lowest BCUT2D eigenvalue weighted by molar-refractivity contribution is 0.586. The molecular weight excluding hydrogens is 204 g/mol. The molecule has 0 atom stereocenters. The van der Waals surface area contributed by atoms with Crippen LogP contribution in [-0.2, 0) is 5.41 Å². The van der Waals surface area contributed by atoms with Gasteiger partial charge in [-0.2, -0.15) is 0 Å². The van der Waals surface area contributed by atoms with Gasteiger partial charge >= 0.3 is 0 Å². The number of hydrogen-bond donors (Lipinski definition) is 0. The van der Waals surface area contributed by atoms with Gasteiger partial charge in [0.1, 0.15) is 0 Å².